The van der Waals surface area contributed by atoms with Crippen molar-refractivity contribution >= 4 is 22.9 Å². The van der Waals surface area contributed by atoms with Crippen molar-refractivity contribution in [1.82, 2.24) is 34.8 Å². The van der Waals surface area contributed by atoms with Crippen LogP contribution in [-0.2, 0) is 17.8 Å². The van der Waals surface area contributed by atoms with Crippen LogP contribution in [0.1, 0.15) is 25.3 Å². The molecular formula is C24H32N8O. The lowest BCUT2D eigenvalue weighted by molar-refractivity contribution is -0.133. The van der Waals surface area contributed by atoms with E-state index in [4.69, 9.17) is 0 Å². The molecule has 4 heterocycles. The summed E-state index contributed by atoms with van der Waals surface area (Å²) in [5.74, 6) is 1.78. The highest BCUT2D eigenvalue weighted by Gasteiger charge is 2.27. The molecule has 9 heteroatoms. The fourth-order valence-electron chi connectivity index (χ4n) is 4.97. The maximum atomic E-state index is 12.9. The van der Waals surface area contributed by atoms with Crippen molar-refractivity contribution in [2.75, 3.05) is 50.7 Å². The van der Waals surface area contributed by atoms with Crippen molar-refractivity contribution < 1.29 is 4.79 Å². The number of aryl methyl sites for hydroxylation is 1. The van der Waals surface area contributed by atoms with Crippen LogP contribution in [0.3, 0.4) is 0 Å². The first-order valence-corrected chi connectivity index (χ1v) is 12.0. The molecule has 0 atom stereocenters. The molecule has 2 saturated heterocycles. The fraction of sp³-hybridized carbons (Fsp3) is 0.542. The number of carbonyl (C=O) groups is 1. The van der Waals surface area contributed by atoms with E-state index >= 15 is 0 Å². The van der Waals surface area contributed by atoms with Crippen LogP contribution in [0, 0.1) is 5.92 Å². The van der Waals surface area contributed by atoms with Crippen LogP contribution in [-0.4, -0.2) is 86.5 Å². The number of carbonyl (C=O) groups excluding carboxylic acids is 1. The minimum Gasteiger partial charge on any atom is -0.352 e. The highest BCUT2D eigenvalue weighted by Crippen LogP contribution is 2.23. The van der Waals surface area contributed by atoms with E-state index in [-0.39, 0.29) is 5.91 Å². The molecule has 1 amide bonds. The molecular weight excluding hydrogens is 416 g/mol. The molecule has 174 valence electrons. The molecule has 5 rings (SSSR count). The molecule has 33 heavy (non-hydrogen) atoms. The van der Waals surface area contributed by atoms with Crippen molar-refractivity contribution in [2.45, 2.75) is 32.7 Å². The largest absolute Gasteiger partial charge is 0.352 e. The summed E-state index contributed by atoms with van der Waals surface area (Å²) in [5.41, 5.74) is 2.93. The van der Waals surface area contributed by atoms with Crippen molar-refractivity contribution in [3.8, 4) is 0 Å². The van der Waals surface area contributed by atoms with Crippen molar-refractivity contribution in [2.24, 2.45) is 5.92 Å². The number of aromatic nitrogens is 5. The standard InChI is InChI=1S/C24H32N8O/c1-2-32-24-22(27-28-32)23(25-18-26-24)31-14-12-29(13-15-31)17-21(33)30-10-8-20(9-11-30)16-19-6-4-3-5-7-19/h3-7,18,20H,2,8-17H2,1H3. The van der Waals surface area contributed by atoms with Gasteiger partial charge in [0.05, 0.1) is 6.54 Å². The number of rotatable bonds is 6. The van der Waals surface area contributed by atoms with Crippen molar-refractivity contribution in [1.29, 1.82) is 0 Å². The minimum atomic E-state index is 0.261. The monoisotopic (exact) mass is 448 g/mol. The molecule has 2 fully saturated rings. The fourth-order valence-corrected chi connectivity index (χ4v) is 4.97. The van der Waals surface area contributed by atoms with Crippen LogP contribution in [0.5, 0.6) is 0 Å². The van der Waals surface area contributed by atoms with Gasteiger partial charge in [0, 0.05) is 45.8 Å². The predicted molar refractivity (Wildman–Crippen MR) is 127 cm³/mol. The van der Waals surface area contributed by atoms with Gasteiger partial charge in [0.25, 0.3) is 0 Å². The molecule has 9 nitrogen and oxygen atoms in total. The Kier molecular flexibility index (Phi) is 6.48. The van der Waals surface area contributed by atoms with Crippen LogP contribution < -0.4 is 4.90 Å². The van der Waals surface area contributed by atoms with E-state index in [1.54, 1.807) is 11.0 Å². The Hall–Kier alpha value is -3.07. The molecule has 0 unspecified atom stereocenters. The lowest BCUT2D eigenvalue weighted by atomic mass is 9.90. The average molecular weight is 449 g/mol. The number of hydrogen-bond donors (Lipinski definition) is 0. The summed E-state index contributed by atoms with van der Waals surface area (Å²) in [6.45, 7) is 8.32. The van der Waals surface area contributed by atoms with Gasteiger partial charge in [0.1, 0.15) is 6.33 Å². The van der Waals surface area contributed by atoms with Crippen LogP contribution >= 0.6 is 0 Å². The smallest absolute Gasteiger partial charge is 0.236 e. The third kappa shape index (κ3) is 4.83. The maximum Gasteiger partial charge on any atom is 0.236 e. The minimum absolute atomic E-state index is 0.261. The van der Waals surface area contributed by atoms with Gasteiger partial charge in [-0.15, -0.1) is 5.10 Å². The Morgan fingerprint density at radius 3 is 2.48 bits per heavy atom. The number of benzene rings is 1. The van der Waals surface area contributed by atoms with Gasteiger partial charge in [-0.25, -0.2) is 14.6 Å². The van der Waals surface area contributed by atoms with Gasteiger partial charge in [-0.2, -0.15) is 0 Å². The van der Waals surface area contributed by atoms with Crippen LogP contribution in [0.4, 0.5) is 5.82 Å². The molecule has 2 aliphatic rings. The number of amides is 1. The summed E-state index contributed by atoms with van der Waals surface area (Å²) >= 11 is 0. The lowest BCUT2D eigenvalue weighted by Gasteiger charge is -2.37. The van der Waals surface area contributed by atoms with Crippen LogP contribution in [0.25, 0.3) is 11.2 Å². The van der Waals surface area contributed by atoms with Crippen molar-refractivity contribution in [3.63, 3.8) is 0 Å². The number of fused-ring (bicyclic) bond motifs is 1. The molecule has 0 aliphatic carbocycles. The van der Waals surface area contributed by atoms with Crippen LogP contribution in [0.15, 0.2) is 36.7 Å². The third-order valence-electron chi connectivity index (χ3n) is 6.95. The Morgan fingerprint density at radius 2 is 1.76 bits per heavy atom. The first-order valence-electron chi connectivity index (χ1n) is 12.0. The quantitative estimate of drug-likeness (QED) is 0.569. The molecule has 0 saturated carbocycles. The third-order valence-corrected chi connectivity index (χ3v) is 6.95. The van der Waals surface area contributed by atoms with Gasteiger partial charge >= 0.3 is 0 Å². The number of hydrogen-bond acceptors (Lipinski definition) is 7. The number of nitrogens with zero attached hydrogens (tertiary/aromatic N) is 8. The molecule has 0 spiro atoms. The summed E-state index contributed by atoms with van der Waals surface area (Å²) in [7, 11) is 0. The SMILES string of the molecule is CCn1nnc2c(N3CCN(CC(=O)N4CCC(Cc5ccccc5)CC4)CC3)ncnc21. The Morgan fingerprint density at radius 1 is 1.00 bits per heavy atom. The first kappa shape index (κ1) is 21.8. The first-order chi connectivity index (χ1) is 16.2. The average Bonchev–Trinajstić information content (AvgIpc) is 3.29. The zero-order valence-corrected chi connectivity index (χ0v) is 19.3. The second-order valence-corrected chi connectivity index (χ2v) is 9.05. The highest BCUT2D eigenvalue weighted by atomic mass is 16.2. The summed E-state index contributed by atoms with van der Waals surface area (Å²) in [6, 6.07) is 10.7. The van der Waals surface area contributed by atoms with E-state index < -0.39 is 0 Å². The van der Waals surface area contributed by atoms with E-state index in [1.807, 2.05) is 6.92 Å². The molecule has 0 bridgehead atoms. The number of piperidine rings is 1. The molecule has 1 aromatic carbocycles. The molecule has 2 aromatic heterocycles. The van der Waals surface area contributed by atoms with Crippen LogP contribution in [0.2, 0.25) is 0 Å². The normalized spacial score (nSPS) is 18.2. The number of likely N-dealkylation sites (tertiary alicyclic amines) is 1. The molecule has 3 aromatic rings. The Balaban J connectivity index is 1.10. The zero-order chi connectivity index (χ0) is 22.6. The molecule has 0 N–H and O–H groups in total. The lowest BCUT2D eigenvalue weighted by Crippen LogP contribution is -2.51. The van der Waals surface area contributed by atoms with E-state index in [1.165, 1.54) is 5.56 Å². The summed E-state index contributed by atoms with van der Waals surface area (Å²) < 4.78 is 1.79. The predicted octanol–water partition coefficient (Wildman–Crippen LogP) is 1.84. The summed E-state index contributed by atoms with van der Waals surface area (Å²) in [6.07, 6.45) is 4.89. The maximum absolute atomic E-state index is 12.9. The number of anilines is 1. The van der Waals surface area contributed by atoms with Crippen molar-refractivity contribution in [3.05, 3.63) is 42.2 Å². The van der Waals surface area contributed by atoms with Gasteiger partial charge in [0.2, 0.25) is 5.91 Å². The van der Waals surface area contributed by atoms with Gasteiger partial charge in [-0.1, -0.05) is 35.5 Å². The highest BCUT2D eigenvalue weighted by molar-refractivity contribution is 5.82. The number of piperazine rings is 1. The topological polar surface area (TPSA) is 83.3 Å². The van der Waals surface area contributed by atoms with Gasteiger partial charge < -0.3 is 9.80 Å². The molecule has 2 aliphatic heterocycles. The van der Waals surface area contributed by atoms with E-state index in [0.717, 1.165) is 82.1 Å². The zero-order valence-electron chi connectivity index (χ0n) is 19.3. The molecule has 0 radical (unpaired) electrons. The van der Waals surface area contributed by atoms with E-state index in [9.17, 15) is 4.79 Å². The van der Waals surface area contributed by atoms with Gasteiger partial charge in [-0.05, 0) is 37.7 Å². The second-order valence-electron chi connectivity index (χ2n) is 9.05. The Bertz CT molecular complexity index is 1070. The Labute approximate surface area is 194 Å². The van der Waals surface area contributed by atoms with E-state index in [0.29, 0.717) is 12.5 Å². The summed E-state index contributed by atoms with van der Waals surface area (Å²) in [5, 5.41) is 8.48. The summed E-state index contributed by atoms with van der Waals surface area (Å²) in [4.78, 5) is 28.3. The van der Waals surface area contributed by atoms with Gasteiger partial charge in [-0.3, -0.25) is 9.69 Å². The van der Waals surface area contributed by atoms with E-state index in [2.05, 4.69) is 65.3 Å². The van der Waals surface area contributed by atoms with Gasteiger partial charge in [0.15, 0.2) is 17.0 Å². The second kappa shape index (κ2) is 9.82.